The maximum atomic E-state index is 12.3. The summed E-state index contributed by atoms with van der Waals surface area (Å²) in [6, 6.07) is 0. The minimum Gasteiger partial charge on any atom is -0.381 e. The maximum absolute atomic E-state index is 12.3. The highest BCUT2D eigenvalue weighted by Crippen LogP contribution is 2.17. The van der Waals surface area contributed by atoms with E-state index < -0.39 is 11.9 Å². The van der Waals surface area contributed by atoms with Crippen LogP contribution in [0.1, 0.15) is 0 Å². The second-order valence-electron chi connectivity index (χ2n) is 1.89. The molecule has 0 saturated carbocycles. The van der Waals surface area contributed by atoms with Gasteiger partial charge in [0, 0.05) is 0 Å². The fourth-order valence-electron chi connectivity index (χ4n) is 0.623. The molecule has 1 aliphatic rings. The number of halogens is 1. The summed E-state index contributed by atoms with van der Waals surface area (Å²) in [6.07, 6.45) is 3.20. The van der Waals surface area contributed by atoms with Crippen molar-refractivity contribution in [2.24, 2.45) is 0 Å². The van der Waals surface area contributed by atoms with E-state index in [1.54, 1.807) is 6.08 Å². The molecule has 0 aliphatic heterocycles. The number of allylic oxidation sites excluding steroid dienone is 2. The molecule has 1 unspecified atom stereocenters. The standard InChI is InChI=1S/C7H7FO/c1-5-3-2-4-6(8)7(5)9/h2-4,7,9H,1H2. The summed E-state index contributed by atoms with van der Waals surface area (Å²) in [5.74, 6) is -0.539. The summed E-state index contributed by atoms with van der Waals surface area (Å²) < 4.78 is 12.3. The normalized spacial score (nSPS) is 26.2. The molecule has 0 aromatic heterocycles. The Hall–Kier alpha value is -0.890. The van der Waals surface area contributed by atoms with E-state index in [9.17, 15) is 4.39 Å². The second-order valence-corrected chi connectivity index (χ2v) is 1.89. The van der Waals surface area contributed by atoms with E-state index in [4.69, 9.17) is 5.11 Å². The van der Waals surface area contributed by atoms with Crippen molar-refractivity contribution in [2.75, 3.05) is 0 Å². The van der Waals surface area contributed by atoms with Crippen LogP contribution >= 0.6 is 0 Å². The van der Waals surface area contributed by atoms with Crippen molar-refractivity contribution >= 4 is 0 Å². The van der Waals surface area contributed by atoms with Gasteiger partial charge >= 0.3 is 0 Å². The fourth-order valence-corrected chi connectivity index (χ4v) is 0.623. The zero-order valence-electron chi connectivity index (χ0n) is 4.84. The number of aliphatic hydroxyl groups excluding tert-OH is 1. The smallest absolute Gasteiger partial charge is 0.133 e. The quantitative estimate of drug-likeness (QED) is 0.519. The Morgan fingerprint density at radius 2 is 2.33 bits per heavy atom. The highest BCUT2D eigenvalue weighted by Gasteiger charge is 2.13. The molecule has 0 aromatic carbocycles. The largest absolute Gasteiger partial charge is 0.381 e. The van der Waals surface area contributed by atoms with E-state index in [1.165, 1.54) is 12.2 Å². The van der Waals surface area contributed by atoms with Crippen molar-refractivity contribution in [3.05, 3.63) is 36.2 Å². The first-order valence-corrected chi connectivity index (χ1v) is 2.62. The van der Waals surface area contributed by atoms with Crippen LogP contribution in [0.2, 0.25) is 0 Å². The molecule has 0 spiro atoms. The van der Waals surface area contributed by atoms with Crippen LogP contribution < -0.4 is 0 Å². The van der Waals surface area contributed by atoms with Crippen LogP contribution in [0.5, 0.6) is 0 Å². The van der Waals surface area contributed by atoms with Gasteiger partial charge in [-0.1, -0.05) is 18.7 Å². The van der Waals surface area contributed by atoms with E-state index in [2.05, 4.69) is 6.58 Å². The second kappa shape index (κ2) is 2.15. The summed E-state index contributed by atoms with van der Waals surface area (Å²) in [7, 11) is 0. The Bertz CT molecular complexity index is 191. The van der Waals surface area contributed by atoms with Gasteiger partial charge in [-0.25, -0.2) is 4.39 Å². The molecule has 1 atom stereocenters. The highest BCUT2D eigenvalue weighted by atomic mass is 19.1. The van der Waals surface area contributed by atoms with Crippen LogP contribution in [0.25, 0.3) is 0 Å². The molecule has 0 heterocycles. The Balaban J connectivity index is 2.86. The lowest BCUT2D eigenvalue weighted by Gasteiger charge is -2.10. The molecule has 48 valence electrons. The van der Waals surface area contributed by atoms with Gasteiger partial charge in [-0.15, -0.1) is 0 Å². The average molecular weight is 126 g/mol. The van der Waals surface area contributed by atoms with Crippen LogP contribution in [0.4, 0.5) is 4.39 Å². The molecule has 9 heavy (non-hydrogen) atoms. The molecule has 0 amide bonds. The van der Waals surface area contributed by atoms with Gasteiger partial charge < -0.3 is 5.11 Å². The van der Waals surface area contributed by atoms with Gasteiger partial charge in [-0.05, 0) is 11.6 Å². The fraction of sp³-hybridized carbons (Fsp3) is 0.143. The van der Waals surface area contributed by atoms with Crippen molar-refractivity contribution in [1.82, 2.24) is 0 Å². The van der Waals surface area contributed by atoms with E-state index in [1.807, 2.05) is 0 Å². The third kappa shape index (κ3) is 1.08. The number of aliphatic hydroxyl groups is 1. The molecule has 0 radical (unpaired) electrons. The lowest BCUT2D eigenvalue weighted by molar-refractivity contribution is 0.219. The van der Waals surface area contributed by atoms with Gasteiger partial charge in [0.1, 0.15) is 11.9 Å². The average Bonchev–Trinajstić information content (AvgIpc) is 1.83. The Kier molecular flexibility index (Phi) is 1.49. The lowest BCUT2D eigenvalue weighted by Crippen LogP contribution is -2.10. The van der Waals surface area contributed by atoms with Crippen molar-refractivity contribution in [3.8, 4) is 0 Å². The summed E-state index contributed by atoms with van der Waals surface area (Å²) >= 11 is 0. The summed E-state index contributed by atoms with van der Waals surface area (Å²) in [6.45, 7) is 3.43. The SMILES string of the molecule is C=C1C=CC=C(F)C1O. The Labute approximate surface area is 52.8 Å². The third-order valence-electron chi connectivity index (χ3n) is 1.18. The van der Waals surface area contributed by atoms with Gasteiger partial charge in [0.05, 0.1) is 0 Å². The van der Waals surface area contributed by atoms with Crippen LogP contribution in [-0.2, 0) is 0 Å². The van der Waals surface area contributed by atoms with Gasteiger partial charge in [0.25, 0.3) is 0 Å². The summed E-state index contributed by atoms with van der Waals surface area (Å²) in [4.78, 5) is 0. The van der Waals surface area contributed by atoms with Gasteiger partial charge in [-0.2, -0.15) is 0 Å². The van der Waals surface area contributed by atoms with E-state index in [0.29, 0.717) is 5.57 Å². The summed E-state index contributed by atoms with van der Waals surface area (Å²) in [5, 5.41) is 8.85. The van der Waals surface area contributed by atoms with Crippen LogP contribution in [-0.4, -0.2) is 11.2 Å². The molecule has 0 fully saturated rings. The van der Waals surface area contributed by atoms with E-state index in [0.717, 1.165) is 0 Å². The Morgan fingerprint density at radius 3 is 2.78 bits per heavy atom. The molecule has 1 N–H and O–H groups in total. The molecule has 1 nitrogen and oxygen atoms in total. The molecule has 0 aromatic rings. The van der Waals surface area contributed by atoms with Gasteiger partial charge in [0.15, 0.2) is 0 Å². The molecule has 2 heteroatoms. The van der Waals surface area contributed by atoms with Gasteiger partial charge in [-0.3, -0.25) is 0 Å². The number of hydrogen-bond donors (Lipinski definition) is 1. The van der Waals surface area contributed by atoms with Gasteiger partial charge in [0.2, 0.25) is 0 Å². The number of hydrogen-bond acceptors (Lipinski definition) is 1. The molecule has 0 saturated heterocycles. The first-order valence-electron chi connectivity index (χ1n) is 2.62. The highest BCUT2D eigenvalue weighted by molar-refractivity contribution is 5.34. The van der Waals surface area contributed by atoms with Crippen LogP contribution in [0.3, 0.4) is 0 Å². The van der Waals surface area contributed by atoms with E-state index >= 15 is 0 Å². The third-order valence-corrected chi connectivity index (χ3v) is 1.18. The first kappa shape index (κ1) is 6.23. The van der Waals surface area contributed by atoms with Crippen molar-refractivity contribution < 1.29 is 9.50 Å². The maximum Gasteiger partial charge on any atom is 0.133 e. The predicted octanol–water partition coefficient (Wildman–Crippen LogP) is 1.33. The molecule has 1 rings (SSSR count). The monoisotopic (exact) mass is 126 g/mol. The molecular weight excluding hydrogens is 119 g/mol. The molecule has 1 aliphatic carbocycles. The summed E-state index contributed by atoms with van der Waals surface area (Å²) in [5.41, 5.74) is 0.398. The minimum absolute atomic E-state index is 0.398. The topological polar surface area (TPSA) is 20.2 Å². The molecule has 0 bridgehead atoms. The minimum atomic E-state index is -1.12. The zero-order chi connectivity index (χ0) is 6.85. The lowest BCUT2D eigenvalue weighted by atomic mass is 10.1. The van der Waals surface area contributed by atoms with Crippen LogP contribution in [0, 0.1) is 0 Å². The van der Waals surface area contributed by atoms with Crippen molar-refractivity contribution in [3.63, 3.8) is 0 Å². The van der Waals surface area contributed by atoms with Crippen LogP contribution in [0.15, 0.2) is 36.2 Å². The number of rotatable bonds is 0. The molecular formula is C7H7FO. The first-order chi connectivity index (χ1) is 4.22. The van der Waals surface area contributed by atoms with Crippen molar-refractivity contribution in [1.29, 1.82) is 0 Å². The van der Waals surface area contributed by atoms with E-state index in [-0.39, 0.29) is 0 Å². The van der Waals surface area contributed by atoms with Crippen molar-refractivity contribution in [2.45, 2.75) is 6.10 Å². The predicted molar refractivity (Wildman–Crippen MR) is 33.5 cm³/mol. The Morgan fingerprint density at radius 1 is 1.67 bits per heavy atom. The zero-order valence-corrected chi connectivity index (χ0v) is 4.84.